The summed E-state index contributed by atoms with van der Waals surface area (Å²) in [6.45, 7) is 15.7. The molecule has 232 valence electrons. The molecular weight excluding hydrogens is 546 g/mol. The Morgan fingerprint density at radius 3 is 1.90 bits per heavy atom. The molecule has 2 atom stereocenters. The Balaban J connectivity index is 2.56. The van der Waals surface area contributed by atoms with Gasteiger partial charge in [-0.1, -0.05) is 75.4 Å². The van der Waals surface area contributed by atoms with Gasteiger partial charge in [-0.05, 0) is 82.7 Å². The van der Waals surface area contributed by atoms with Gasteiger partial charge in [0.15, 0.2) is 0 Å². The van der Waals surface area contributed by atoms with Crippen molar-refractivity contribution in [2.24, 2.45) is 0 Å². The Labute approximate surface area is 258 Å². The van der Waals surface area contributed by atoms with Crippen LogP contribution in [0, 0.1) is 27.7 Å². The minimum atomic E-state index is -0.969. The zero-order valence-electron chi connectivity index (χ0n) is 26.8. The highest BCUT2D eigenvalue weighted by molar-refractivity contribution is 7.80. The van der Waals surface area contributed by atoms with E-state index in [4.69, 9.17) is 4.74 Å². The summed E-state index contributed by atoms with van der Waals surface area (Å²) < 4.78 is 5.44. The van der Waals surface area contributed by atoms with Crippen molar-refractivity contribution < 1.29 is 19.1 Å². The molecule has 0 fully saturated rings. The van der Waals surface area contributed by atoms with Gasteiger partial charge in [-0.3, -0.25) is 9.59 Å². The maximum absolute atomic E-state index is 14.3. The van der Waals surface area contributed by atoms with Crippen molar-refractivity contribution in [2.75, 3.05) is 17.6 Å². The number of alkyl carbamates (subject to hydrolysis) is 1. The largest absolute Gasteiger partial charge is 0.444 e. The molecule has 0 aliphatic rings. The number of anilines is 1. The van der Waals surface area contributed by atoms with E-state index in [1.165, 1.54) is 6.42 Å². The fourth-order valence-electron chi connectivity index (χ4n) is 5.15. The number of nitrogens with zero attached hydrogens (tertiary/aromatic N) is 1. The average molecular weight is 598 g/mol. The second-order valence-corrected chi connectivity index (χ2v) is 12.5. The third-order valence-electron chi connectivity index (χ3n) is 7.31. The number of aryl methyl sites for hydroxylation is 4. The average Bonchev–Trinajstić information content (AvgIpc) is 2.90. The van der Waals surface area contributed by atoms with Crippen LogP contribution in [0.15, 0.2) is 36.4 Å². The predicted molar refractivity (Wildman–Crippen MR) is 175 cm³/mol. The van der Waals surface area contributed by atoms with Crippen LogP contribution in [0.4, 0.5) is 10.5 Å². The number of hydrogen-bond donors (Lipinski definition) is 3. The number of ether oxygens (including phenoxy) is 1. The topological polar surface area (TPSA) is 87.7 Å². The van der Waals surface area contributed by atoms with Gasteiger partial charge in [0.25, 0.3) is 5.91 Å². The number of unbranched alkanes of at least 4 members (excludes halogenated alkanes) is 5. The minimum absolute atomic E-state index is 0.0586. The molecule has 0 aromatic heterocycles. The first kappa shape index (κ1) is 35.2. The quantitative estimate of drug-likeness (QED) is 0.154. The molecule has 42 heavy (non-hydrogen) atoms. The number of benzene rings is 2. The number of carbonyl (C=O) groups is 3. The number of para-hydroxylation sites is 1. The minimum Gasteiger partial charge on any atom is -0.444 e. The molecule has 0 radical (unpaired) electrons. The van der Waals surface area contributed by atoms with E-state index in [9.17, 15) is 14.4 Å². The van der Waals surface area contributed by atoms with E-state index in [1.807, 2.05) is 64.1 Å². The first-order valence-corrected chi connectivity index (χ1v) is 15.8. The van der Waals surface area contributed by atoms with Crippen molar-refractivity contribution in [3.8, 4) is 0 Å². The molecule has 0 aliphatic carbocycles. The van der Waals surface area contributed by atoms with Gasteiger partial charge in [0, 0.05) is 18.0 Å². The summed E-state index contributed by atoms with van der Waals surface area (Å²) in [4.78, 5) is 43.0. The standard InChI is InChI=1S/C34H51N3O4S/c1-9-10-11-12-13-14-21-37(32(39)27(22-42)35-33(40)41-34(6,7)8)30(28-23(2)17-15-18-24(28)3)31(38)36-29-25(4)19-16-20-26(29)5/h15-20,27,30,42H,9-14,21-22H2,1-8H3,(H,35,40)(H,36,38). The van der Waals surface area contributed by atoms with Crippen molar-refractivity contribution in [1.29, 1.82) is 0 Å². The van der Waals surface area contributed by atoms with E-state index in [1.54, 1.807) is 25.7 Å². The molecule has 3 amide bonds. The van der Waals surface area contributed by atoms with Crippen molar-refractivity contribution in [3.05, 3.63) is 64.2 Å². The van der Waals surface area contributed by atoms with Gasteiger partial charge in [-0.25, -0.2) is 4.79 Å². The summed E-state index contributed by atoms with van der Waals surface area (Å²) in [5, 5.41) is 5.85. The highest BCUT2D eigenvalue weighted by Gasteiger charge is 2.37. The maximum Gasteiger partial charge on any atom is 0.408 e. The molecule has 2 aromatic carbocycles. The Kier molecular flexibility index (Phi) is 13.9. The number of thiol groups is 1. The van der Waals surface area contributed by atoms with Crippen LogP contribution in [-0.2, 0) is 14.3 Å². The van der Waals surface area contributed by atoms with Gasteiger partial charge >= 0.3 is 6.09 Å². The molecule has 2 rings (SSSR count). The van der Waals surface area contributed by atoms with E-state index < -0.39 is 23.8 Å². The molecule has 2 N–H and O–H groups in total. The second kappa shape index (κ2) is 16.6. The Morgan fingerprint density at radius 1 is 0.857 bits per heavy atom. The van der Waals surface area contributed by atoms with Gasteiger partial charge in [0.2, 0.25) is 5.91 Å². The zero-order valence-corrected chi connectivity index (χ0v) is 27.7. The first-order valence-electron chi connectivity index (χ1n) is 15.1. The van der Waals surface area contributed by atoms with E-state index >= 15 is 0 Å². The summed E-state index contributed by atoms with van der Waals surface area (Å²) in [6.07, 6.45) is 5.50. The highest BCUT2D eigenvalue weighted by Crippen LogP contribution is 2.31. The van der Waals surface area contributed by atoms with Crippen LogP contribution < -0.4 is 10.6 Å². The molecule has 0 saturated carbocycles. The zero-order chi connectivity index (χ0) is 31.4. The van der Waals surface area contributed by atoms with Crippen molar-refractivity contribution >= 4 is 36.2 Å². The molecule has 2 unspecified atom stereocenters. The molecule has 0 saturated heterocycles. The van der Waals surface area contributed by atoms with E-state index in [2.05, 4.69) is 30.2 Å². The fraction of sp³-hybridized carbons (Fsp3) is 0.559. The van der Waals surface area contributed by atoms with Crippen LogP contribution in [0.2, 0.25) is 0 Å². The van der Waals surface area contributed by atoms with Gasteiger partial charge in [-0.2, -0.15) is 12.6 Å². The Bertz CT molecular complexity index is 1170. The SMILES string of the molecule is CCCCCCCCN(C(=O)C(CS)NC(=O)OC(C)(C)C)C(C(=O)Nc1c(C)cccc1C)c1c(C)cccc1C. The lowest BCUT2D eigenvalue weighted by Crippen LogP contribution is -2.53. The molecule has 0 spiro atoms. The normalized spacial score (nSPS) is 12.8. The highest BCUT2D eigenvalue weighted by atomic mass is 32.1. The molecule has 0 bridgehead atoms. The number of amides is 3. The summed E-state index contributed by atoms with van der Waals surface area (Å²) in [5.41, 5.74) is 4.52. The number of nitrogens with one attached hydrogen (secondary N) is 2. The van der Waals surface area contributed by atoms with Gasteiger partial charge in [0.1, 0.15) is 17.7 Å². The van der Waals surface area contributed by atoms with Crippen LogP contribution in [0.5, 0.6) is 0 Å². The molecule has 0 aliphatic heterocycles. The van der Waals surface area contributed by atoms with Crippen LogP contribution in [0.3, 0.4) is 0 Å². The predicted octanol–water partition coefficient (Wildman–Crippen LogP) is 7.61. The van der Waals surface area contributed by atoms with Gasteiger partial charge in [0.05, 0.1) is 0 Å². The molecule has 2 aromatic rings. The van der Waals surface area contributed by atoms with Crippen molar-refractivity contribution in [3.63, 3.8) is 0 Å². The number of hydrogen-bond acceptors (Lipinski definition) is 5. The summed E-state index contributed by atoms with van der Waals surface area (Å²) in [6, 6.07) is 9.87. The lowest BCUT2D eigenvalue weighted by atomic mass is 9.93. The van der Waals surface area contributed by atoms with E-state index in [0.29, 0.717) is 6.54 Å². The van der Waals surface area contributed by atoms with Crippen molar-refractivity contribution in [1.82, 2.24) is 10.2 Å². The van der Waals surface area contributed by atoms with E-state index in [0.717, 1.165) is 65.6 Å². The maximum atomic E-state index is 14.3. The second-order valence-electron chi connectivity index (χ2n) is 12.1. The third-order valence-corrected chi connectivity index (χ3v) is 7.68. The lowest BCUT2D eigenvalue weighted by Gasteiger charge is -2.35. The number of carbonyl (C=O) groups excluding carboxylic acids is 3. The monoisotopic (exact) mass is 597 g/mol. The Morgan fingerprint density at radius 2 is 1.38 bits per heavy atom. The van der Waals surface area contributed by atoms with Gasteiger partial charge < -0.3 is 20.3 Å². The molecule has 7 nitrogen and oxygen atoms in total. The van der Waals surface area contributed by atoms with Gasteiger partial charge in [-0.15, -0.1) is 0 Å². The fourth-order valence-corrected chi connectivity index (χ4v) is 5.40. The first-order chi connectivity index (χ1) is 19.8. The van der Waals surface area contributed by atoms with Crippen LogP contribution in [0.25, 0.3) is 0 Å². The van der Waals surface area contributed by atoms with Crippen LogP contribution >= 0.6 is 12.6 Å². The van der Waals surface area contributed by atoms with Crippen molar-refractivity contribution in [2.45, 2.75) is 112 Å². The lowest BCUT2D eigenvalue weighted by molar-refractivity contribution is -0.140. The van der Waals surface area contributed by atoms with E-state index in [-0.39, 0.29) is 17.6 Å². The molecule has 0 heterocycles. The molecule has 8 heteroatoms. The summed E-state index contributed by atoms with van der Waals surface area (Å²) in [5.74, 6) is -0.601. The summed E-state index contributed by atoms with van der Waals surface area (Å²) >= 11 is 4.42. The third kappa shape index (κ3) is 10.4. The smallest absolute Gasteiger partial charge is 0.408 e. The van der Waals surface area contributed by atoms with Crippen LogP contribution in [-0.4, -0.2) is 46.7 Å². The molecular formula is C34H51N3O4S. The number of rotatable bonds is 14. The summed E-state index contributed by atoms with van der Waals surface area (Å²) in [7, 11) is 0. The Hall–Kier alpha value is -3.00. The van der Waals surface area contributed by atoms with Crippen LogP contribution in [0.1, 0.15) is 100 Å².